The van der Waals surface area contributed by atoms with Crippen LogP contribution in [0.5, 0.6) is 0 Å². The zero-order valence-corrected chi connectivity index (χ0v) is 13.1. The molecule has 0 radical (unpaired) electrons. The van der Waals surface area contributed by atoms with Crippen molar-refractivity contribution in [1.82, 2.24) is 5.43 Å². The van der Waals surface area contributed by atoms with E-state index in [0.717, 1.165) is 5.01 Å². The topological polar surface area (TPSA) is 62.6 Å². The molecule has 116 valence electrons. The lowest BCUT2D eigenvalue weighted by Crippen LogP contribution is -2.35. The largest absolute Gasteiger partial charge is 0.465 e. The Kier molecular flexibility index (Phi) is 4.23. The van der Waals surface area contributed by atoms with Crippen molar-refractivity contribution >= 4 is 46.8 Å². The molecule has 0 bridgehead atoms. The summed E-state index contributed by atoms with van der Waals surface area (Å²) in [6.45, 7) is 0. The maximum absolute atomic E-state index is 12.3. The van der Waals surface area contributed by atoms with E-state index in [0.29, 0.717) is 21.5 Å². The summed E-state index contributed by atoms with van der Waals surface area (Å²) in [5.74, 6) is -0.350. The van der Waals surface area contributed by atoms with E-state index in [1.807, 2.05) is 0 Å². The Bertz CT molecular complexity index is 826. The fraction of sp³-hybridized carbons (Fsp3) is 0. The third-order valence-electron chi connectivity index (χ3n) is 3.12. The van der Waals surface area contributed by atoms with E-state index in [1.54, 1.807) is 36.4 Å². The van der Waals surface area contributed by atoms with Crippen LogP contribution in [0.4, 0.5) is 5.69 Å². The first kappa shape index (κ1) is 15.4. The lowest BCUT2D eigenvalue weighted by atomic mass is 10.2. The summed E-state index contributed by atoms with van der Waals surface area (Å²) in [5, 5.41) is 1.78. The number of anilines is 1. The number of hydrogen-bond acceptors (Lipinski definition) is 3. The molecule has 5 nitrogen and oxygen atoms in total. The Hall–Kier alpha value is -2.50. The second-order valence-corrected chi connectivity index (χ2v) is 5.45. The molecule has 23 heavy (non-hydrogen) atoms. The smallest absolute Gasteiger partial charge is 0.282 e. The highest BCUT2D eigenvalue weighted by molar-refractivity contribution is 6.42. The van der Waals surface area contributed by atoms with E-state index in [4.69, 9.17) is 27.6 Å². The quantitative estimate of drug-likeness (QED) is 0.680. The molecule has 0 spiro atoms. The van der Waals surface area contributed by atoms with E-state index in [1.165, 1.54) is 18.4 Å². The van der Waals surface area contributed by atoms with Gasteiger partial charge in [-0.2, -0.15) is 0 Å². The van der Waals surface area contributed by atoms with E-state index in [-0.39, 0.29) is 5.57 Å². The zero-order valence-electron chi connectivity index (χ0n) is 11.6. The molecule has 1 aromatic heterocycles. The normalized spacial score (nSPS) is 16.6. The molecule has 7 heteroatoms. The van der Waals surface area contributed by atoms with Crippen LogP contribution >= 0.6 is 23.2 Å². The average molecular weight is 349 g/mol. The van der Waals surface area contributed by atoms with Gasteiger partial charge in [0.05, 0.1) is 22.0 Å². The van der Waals surface area contributed by atoms with Crippen LogP contribution < -0.4 is 10.4 Å². The van der Waals surface area contributed by atoms with Gasteiger partial charge in [0.15, 0.2) is 0 Å². The maximum Gasteiger partial charge on any atom is 0.282 e. The minimum atomic E-state index is -0.495. The van der Waals surface area contributed by atoms with Gasteiger partial charge in [0.25, 0.3) is 11.8 Å². The van der Waals surface area contributed by atoms with Gasteiger partial charge >= 0.3 is 0 Å². The van der Waals surface area contributed by atoms with Gasteiger partial charge in [0.2, 0.25) is 0 Å². The third-order valence-corrected chi connectivity index (χ3v) is 3.86. The number of rotatable bonds is 3. The molecule has 1 aromatic carbocycles. The van der Waals surface area contributed by atoms with Gasteiger partial charge in [-0.25, -0.2) is 5.01 Å². The summed E-state index contributed by atoms with van der Waals surface area (Å²) in [4.78, 5) is 24.3. The third kappa shape index (κ3) is 3.16. The number of nitrogens with zero attached hydrogens (tertiary/aromatic N) is 1. The molecule has 2 amide bonds. The standard InChI is InChI=1S/C16H10Cl2N2O3/c17-13-7-6-10(9-14(13)18)20-16(22)12(15(21)19-20)5-1-3-11-4-2-8-23-11/h1-9H,(H,19,21). The minimum Gasteiger partial charge on any atom is -0.465 e. The van der Waals surface area contributed by atoms with Crippen molar-refractivity contribution in [3.63, 3.8) is 0 Å². The molecular weight excluding hydrogens is 339 g/mol. The lowest BCUT2D eigenvalue weighted by molar-refractivity contribution is -0.117. The molecule has 1 fully saturated rings. The lowest BCUT2D eigenvalue weighted by Gasteiger charge is -2.15. The Labute approximate surface area is 141 Å². The molecule has 0 saturated carbocycles. The number of allylic oxidation sites excluding steroid dienone is 2. The first-order valence-electron chi connectivity index (χ1n) is 6.58. The number of hydrazine groups is 1. The summed E-state index contributed by atoms with van der Waals surface area (Å²) in [6, 6.07) is 8.15. The van der Waals surface area contributed by atoms with Crippen LogP contribution in [0.3, 0.4) is 0 Å². The molecular formula is C16H10Cl2N2O3. The van der Waals surface area contributed by atoms with Crippen molar-refractivity contribution in [2.75, 3.05) is 5.01 Å². The maximum atomic E-state index is 12.3. The van der Waals surface area contributed by atoms with Gasteiger partial charge in [0.1, 0.15) is 11.3 Å². The van der Waals surface area contributed by atoms with E-state index < -0.39 is 11.8 Å². The van der Waals surface area contributed by atoms with E-state index >= 15 is 0 Å². The number of carbonyl (C=O) groups is 2. The van der Waals surface area contributed by atoms with Crippen LogP contribution in [0.25, 0.3) is 6.08 Å². The number of benzene rings is 1. The number of nitrogens with one attached hydrogen (secondary N) is 1. The number of halogens is 2. The van der Waals surface area contributed by atoms with Crippen molar-refractivity contribution in [3.8, 4) is 0 Å². The van der Waals surface area contributed by atoms with Crippen molar-refractivity contribution < 1.29 is 14.0 Å². The summed E-state index contributed by atoms with van der Waals surface area (Å²) < 4.78 is 5.13. The van der Waals surface area contributed by atoms with Gasteiger partial charge < -0.3 is 4.42 Å². The van der Waals surface area contributed by atoms with E-state index in [2.05, 4.69) is 5.43 Å². The zero-order chi connectivity index (χ0) is 16.4. The Morgan fingerprint density at radius 3 is 2.65 bits per heavy atom. The van der Waals surface area contributed by atoms with Crippen molar-refractivity contribution in [2.45, 2.75) is 0 Å². The number of amides is 2. The van der Waals surface area contributed by atoms with Gasteiger partial charge in [-0.15, -0.1) is 0 Å². The van der Waals surface area contributed by atoms with E-state index in [9.17, 15) is 9.59 Å². The molecule has 2 aromatic rings. The van der Waals surface area contributed by atoms with Crippen molar-refractivity contribution in [2.24, 2.45) is 0 Å². The van der Waals surface area contributed by atoms with Gasteiger partial charge in [-0.1, -0.05) is 29.3 Å². The highest BCUT2D eigenvalue weighted by atomic mass is 35.5. The molecule has 1 N–H and O–H groups in total. The number of furan rings is 1. The summed E-state index contributed by atoms with van der Waals surface area (Å²) >= 11 is 11.8. The molecule has 1 aliphatic rings. The second-order valence-electron chi connectivity index (χ2n) is 4.63. The van der Waals surface area contributed by atoms with Crippen LogP contribution in [0, 0.1) is 0 Å². The summed E-state index contributed by atoms with van der Waals surface area (Å²) in [5.41, 5.74) is 2.92. The predicted octanol–water partition coefficient (Wildman–Crippen LogP) is 3.60. The van der Waals surface area contributed by atoms with Crippen LogP contribution in [-0.4, -0.2) is 11.8 Å². The first-order chi connectivity index (χ1) is 11.1. The van der Waals surface area contributed by atoms with Gasteiger partial charge in [-0.3, -0.25) is 15.0 Å². The summed E-state index contributed by atoms with van der Waals surface area (Å²) in [7, 11) is 0. The van der Waals surface area contributed by atoms with Crippen LogP contribution in [0.2, 0.25) is 10.0 Å². The van der Waals surface area contributed by atoms with Crippen LogP contribution in [0.15, 0.2) is 58.7 Å². The van der Waals surface area contributed by atoms with Crippen LogP contribution in [0.1, 0.15) is 5.76 Å². The molecule has 0 unspecified atom stereocenters. The van der Waals surface area contributed by atoms with Gasteiger partial charge in [0, 0.05) is 0 Å². The Balaban J connectivity index is 1.83. The molecule has 1 saturated heterocycles. The van der Waals surface area contributed by atoms with Crippen molar-refractivity contribution in [3.05, 3.63) is 70.1 Å². The fourth-order valence-corrected chi connectivity index (χ4v) is 2.30. The minimum absolute atomic E-state index is 0.0129. The molecule has 0 atom stereocenters. The first-order valence-corrected chi connectivity index (χ1v) is 7.34. The van der Waals surface area contributed by atoms with Crippen molar-refractivity contribution in [1.29, 1.82) is 0 Å². The summed E-state index contributed by atoms with van der Waals surface area (Å²) in [6.07, 6.45) is 6.18. The second kappa shape index (κ2) is 6.32. The molecule has 0 aliphatic carbocycles. The molecule has 3 rings (SSSR count). The Morgan fingerprint density at radius 1 is 1.13 bits per heavy atom. The Morgan fingerprint density at radius 2 is 1.96 bits per heavy atom. The highest BCUT2D eigenvalue weighted by Gasteiger charge is 2.34. The van der Waals surface area contributed by atoms with Gasteiger partial charge in [-0.05, 0) is 42.5 Å². The monoisotopic (exact) mass is 348 g/mol. The fourth-order valence-electron chi connectivity index (χ4n) is 2.01. The molecule has 1 aliphatic heterocycles. The number of carbonyl (C=O) groups excluding carboxylic acids is 2. The van der Waals surface area contributed by atoms with Crippen LogP contribution in [-0.2, 0) is 9.59 Å². The average Bonchev–Trinajstić information content (AvgIpc) is 3.13. The molecule has 2 heterocycles. The highest BCUT2D eigenvalue weighted by Crippen LogP contribution is 2.28. The number of hydrogen-bond donors (Lipinski definition) is 1. The predicted molar refractivity (Wildman–Crippen MR) is 87.9 cm³/mol. The SMILES string of the molecule is O=C1NN(c2ccc(Cl)c(Cl)c2)C(=O)C1=CC=Cc1ccco1.